The first kappa shape index (κ1) is 12.1. The molecule has 2 heterocycles. The summed E-state index contributed by atoms with van der Waals surface area (Å²) in [6, 6.07) is 1.81. The zero-order valence-corrected chi connectivity index (χ0v) is 10.1. The first-order valence-corrected chi connectivity index (χ1v) is 6.25. The number of aliphatic hydroxyl groups excluding tert-OH is 1. The van der Waals surface area contributed by atoms with Crippen molar-refractivity contribution in [1.82, 2.24) is 4.90 Å². The van der Waals surface area contributed by atoms with Crippen molar-refractivity contribution < 1.29 is 14.6 Å². The zero-order valence-electron chi connectivity index (χ0n) is 9.31. The Kier molecular flexibility index (Phi) is 4.15. The molecule has 1 aliphatic heterocycles. The van der Waals surface area contributed by atoms with Crippen LogP contribution in [-0.4, -0.2) is 48.8 Å². The molecule has 5 heteroatoms. The fourth-order valence-corrected chi connectivity index (χ4v) is 2.43. The van der Waals surface area contributed by atoms with E-state index in [0.717, 1.165) is 0 Å². The van der Waals surface area contributed by atoms with Gasteiger partial charge in [-0.3, -0.25) is 4.79 Å². The van der Waals surface area contributed by atoms with E-state index in [9.17, 15) is 4.79 Å². The van der Waals surface area contributed by atoms with Crippen LogP contribution < -0.4 is 0 Å². The van der Waals surface area contributed by atoms with Crippen LogP contribution >= 0.6 is 11.3 Å². The van der Waals surface area contributed by atoms with E-state index in [-0.39, 0.29) is 12.5 Å². The maximum Gasteiger partial charge on any atom is 0.265 e. The van der Waals surface area contributed by atoms with E-state index < -0.39 is 0 Å². The minimum Gasteiger partial charge on any atom is -0.384 e. The smallest absolute Gasteiger partial charge is 0.265 e. The van der Waals surface area contributed by atoms with Gasteiger partial charge >= 0.3 is 0 Å². The van der Waals surface area contributed by atoms with Gasteiger partial charge in [0.2, 0.25) is 0 Å². The van der Waals surface area contributed by atoms with Crippen LogP contribution in [0.2, 0.25) is 0 Å². The van der Waals surface area contributed by atoms with Crippen LogP contribution in [-0.2, 0) is 4.74 Å². The van der Waals surface area contributed by atoms with Crippen molar-refractivity contribution >= 4 is 17.2 Å². The van der Waals surface area contributed by atoms with E-state index in [1.54, 1.807) is 11.0 Å². The van der Waals surface area contributed by atoms with E-state index in [2.05, 4.69) is 11.8 Å². The van der Waals surface area contributed by atoms with Gasteiger partial charge in [0.15, 0.2) is 0 Å². The molecular weight excluding hydrogens is 238 g/mol. The number of aliphatic hydroxyl groups is 1. The van der Waals surface area contributed by atoms with Gasteiger partial charge in [-0.15, -0.1) is 11.3 Å². The van der Waals surface area contributed by atoms with E-state index in [1.807, 2.05) is 5.38 Å². The molecule has 1 aliphatic rings. The summed E-state index contributed by atoms with van der Waals surface area (Å²) in [5.41, 5.74) is 0.695. The molecule has 0 atom stereocenters. The van der Waals surface area contributed by atoms with Gasteiger partial charge in [-0.2, -0.15) is 0 Å². The molecule has 1 amide bonds. The Morgan fingerprint density at radius 1 is 1.53 bits per heavy atom. The standard InChI is InChI=1S/C12H13NO3S/c14-6-1-2-10-3-9-17-11(10)12(15)13-4-7-16-8-5-13/h3,9,14H,4-8H2. The van der Waals surface area contributed by atoms with Gasteiger partial charge < -0.3 is 14.7 Å². The van der Waals surface area contributed by atoms with Crippen molar-refractivity contribution in [3.8, 4) is 11.8 Å². The van der Waals surface area contributed by atoms with Crippen LogP contribution in [0.1, 0.15) is 15.2 Å². The lowest BCUT2D eigenvalue weighted by atomic mass is 10.2. The minimum absolute atomic E-state index is 0.00513. The Bertz CT molecular complexity index is 452. The predicted molar refractivity (Wildman–Crippen MR) is 65.0 cm³/mol. The summed E-state index contributed by atoms with van der Waals surface area (Å²) in [5, 5.41) is 10.5. The zero-order chi connectivity index (χ0) is 12.1. The van der Waals surface area contributed by atoms with Gasteiger partial charge in [-0.05, 0) is 11.4 Å². The Morgan fingerprint density at radius 3 is 3.00 bits per heavy atom. The highest BCUT2D eigenvalue weighted by Crippen LogP contribution is 2.18. The summed E-state index contributed by atoms with van der Waals surface area (Å²) in [7, 11) is 0. The summed E-state index contributed by atoms with van der Waals surface area (Å²) in [6.07, 6.45) is 0. The Morgan fingerprint density at radius 2 is 2.29 bits per heavy atom. The first-order valence-electron chi connectivity index (χ1n) is 5.37. The largest absolute Gasteiger partial charge is 0.384 e. The van der Waals surface area contributed by atoms with Gasteiger partial charge in [-0.1, -0.05) is 11.8 Å². The minimum atomic E-state index is -0.193. The lowest BCUT2D eigenvalue weighted by Crippen LogP contribution is -2.40. The molecule has 0 bridgehead atoms. The number of ether oxygens (including phenoxy) is 1. The van der Waals surface area contributed by atoms with Crippen LogP contribution in [0.5, 0.6) is 0 Å². The van der Waals surface area contributed by atoms with Crippen LogP contribution in [0.3, 0.4) is 0 Å². The quantitative estimate of drug-likeness (QED) is 0.742. The molecular formula is C12H13NO3S. The maximum absolute atomic E-state index is 12.2. The van der Waals surface area contributed by atoms with Crippen LogP contribution in [0.4, 0.5) is 0 Å². The molecule has 0 aromatic carbocycles. The number of hydrogen-bond donors (Lipinski definition) is 1. The second-order valence-corrected chi connectivity index (χ2v) is 4.44. The normalized spacial score (nSPS) is 15.2. The van der Waals surface area contributed by atoms with Crippen LogP contribution in [0, 0.1) is 11.8 Å². The third-order valence-corrected chi connectivity index (χ3v) is 3.36. The van der Waals surface area contributed by atoms with Crippen LogP contribution in [0.25, 0.3) is 0 Å². The average Bonchev–Trinajstić information content (AvgIpc) is 2.84. The molecule has 0 radical (unpaired) electrons. The number of rotatable bonds is 1. The van der Waals surface area contributed by atoms with Crippen molar-refractivity contribution in [2.75, 3.05) is 32.9 Å². The Labute approximate surface area is 104 Å². The van der Waals surface area contributed by atoms with Gasteiger partial charge in [0.1, 0.15) is 11.5 Å². The third-order valence-electron chi connectivity index (χ3n) is 2.46. The molecule has 0 aliphatic carbocycles. The number of nitrogens with zero attached hydrogens (tertiary/aromatic N) is 1. The lowest BCUT2D eigenvalue weighted by Gasteiger charge is -2.26. The van der Waals surface area contributed by atoms with Crippen molar-refractivity contribution in [3.05, 3.63) is 21.9 Å². The highest BCUT2D eigenvalue weighted by Gasteiger charge is 2.21. The molecule has 17 heavy (non-hydrogen) atoms. The first-order chi connectivity index (χ1) is 8.33. The van der Waals surface area contributed by atoms with Crippen molar-refractivity contribution in [2.45, 2.75) is 0 Å². The van der Waals surface area contributed by atoms with E-state index in [4.69, 9.17) is 9.84 Å². The second kappa shape index (κ2) is 5.82. The number of hydrogen-bond acceptors (Lipinski definition) is 4. The molecule has 1 aromatic rings. The van der Waals surface area contributed by atoms with E-state index in [0.29, 0.717) is 36.7 Å². The molecule has 2 rings (SSSR count). The number of carbonyl (C=O) groups excluding carboxylic acids is 1. The summed E-state index contributed by atoms with van der Waals surface area (Å²) >= 11 is 1.39. The van der Waals surface area contributed by atoms with E-state index in [1.165, 1.54) is 11.3 Å². The number of morpholine rings is 1. The topological polar surface area (TPSA) is 49.8 Å². The van der Waals surface area contributed by atoms with Gasteiger partial charge in [0.25, 0.3) is 5.91 Å². The number of thiophene rings is 1. The van der Waals surface area contributed by atoms with E-state index >= 15 is 0 Å². The molecule has 1 aromatic heterocycles. The molecule has 0 unspecified atom stereocenters. The molecule has 1 fully saturated rings. The molecule has 1 N–H and O–H groups in total. The average molecular weight is 251 g/mol. The Balaban J connectivity index is 2.15. The fourth-order valence-electron chi connectivity index (χ4n) is 1.62. The molecule has 90 valence electrons. The van der Waals surface area contributed by atoms with Gasteiger partial charge in [0.05, 0.1) is 13.2 Å². The lowest BCUT2D eigenvalue weighted by molar-refractivity contribution is 0.0306. The summed E-state index contributed by atoms with van der Waals surface area (Å²) < 4.78 is 5.21. The number of carbonyl (C=O) groups is 1. The third kappa shape index (κ3) is 2.86. The highest BCUT2D eigenvalue weighted by atomic mass is 32.1. The Hall–Kier alpha value is -1.35. The fraction of sp³-hybridized carbons (Fsp3) is 0.417. The number of amides is 1. The summed E-state index contributed by atoms with van der Waals surface area (Å²) in [6.45, 7) is 2.25. The van der Waals surface area contributed by atoms with Crippen LogP contribution in [0.15, 0.2) is 11.4 Å². The van der Waals surface area contributed by atoms with Crippen molar-refractivity contribution in [2.24, 2.45) is 0 Å². The van der Waals surface area contributed by atoms with Gasteiger partial charge in [0, 0.05) is 18.7 Å². The molecule has 4 nitrogen and oxygen atoms in total. The molecule has 0 saturated carbocycles. The van der Waals surface area contributed by atoms with Crippen molar-refractivity contribution in [1.29, 1.82) is 0 Å². The molecule has 0 spiro atoms. The van der Waals surface area contributed by atoms with Crippen molar-refractivity contribution in [3.63, 3.8) is 0 Å². The monoisotopic (exact) mass is 251 g/mol. The SMILES string of the molecule is O=C(c1sccc1C#CCO)N1CCOCC1. The summed E-state index contributed by atoms with van der Waals surface area (Å²) in [5.74, 6) is 5.37. The maximum atomic E-state index is 12.2. The predicted octanol–water partition coefficient (Wildman–Crippen LogP) is 0.564. The summed E-state index contributed by atoms with van der Waals surface area (Å²) in [4.78, 5) is 14.6. The highest BCUT2D eigenvalue weighted by molar-refractivity contribution is 7.12. The second-order valence-electron chi connectivity index (χ2n) is 3.53. The van der Waals surface area contributed by atoms with Gasteiger partial charge in [-0.25, -0.2) is 0 Å². The molecule has 1 saturated heterocycles.